The molecule has 0 aliphatic rings. The van der Waals surface area contributed by atoms with Crippen LogP contribution in [0.3, 0.4) is 0 Å². The fraction of sp³-hybridized carbons (Fsp3) is 0.533. The molecule has 0 saturated heterocycles. The molecule has 0 aliphatic heterocycles. The van der Waals surface area contributed by atoms with Crippen LogP contribution in [0.1, 0.15) is 38.3 Å². The minimum atomic E-state index is 0.0823. The maximum atomic E-state index is 11.2. The van der Waals surface area contributed by atoms with Crippen molar-refractivity contribution in [3.63, 3.8) is 0 Å². The molecular weight excluding hydrogens is 224 g/mol. The highest BCUT2D eigenvalue weighted by Gasteiger charge is 2.12. The molecule has 3 heteroatoms. The lowest BCUT2D eigenvalue weighted by atomic mass is 9.97. The lowest BCUT2D eigenvalue weighted by molar-refractivity contribution is -0.120. The van der Waals surface area contributed by atoms with Crippen LogP contribution < -0.4 is 10.6 Å². The Balaban J connectivity index is 2.54. The molecule has 2 N–H and O–H groups in total. The Hall–Kier alpha value is -1.35. The number of hydrogen-bond acceptors (Lipinski definition) is 2. The van der Waals surface area contributed by atoms with E-state index in [1.54, 1.807) is 7.05 Å². The highest BCUT2D eigenvalue weighted by atomic mass is 16.1. The third kappa shape index (κ3) is 5.32. The van der Waals surface area contributed by atoms with Gasteiger partial charge in [-0.05, 0) is 17.9 Å². The summed E-state index contributed by atoms with van der Waals surface area (Å²) in [6.45, 7) is 5.15. The van der Waals surface area contributed by atoms with E-state index >= 15 is 0 Å². The summed E-state index contributed by atoms with van der Waals surface area (Å²) in [4.78, 5) is 11.2. The molecule has 0 aromatic heterocycles. The number of nitrogens with one attached hydrogen (secondary N) is 2. The van der Waals surface area contributed by atoms with Crippen molar-refractivity contribution in [1.29, 1.82) is 0 Å². The summed E-state index contributed by atoms with van der Waals surface area (Å²) in [5.74, 6) is 0.710. The maximum Gasteiger partial charge on any atom is 0.221 e. The van der Waals surface area contributed by atoms with Crippen molar-refractivity contribution in [3.05, 3.63) is 35.9 Å². The number of rotatable bonds is 7. The van der Waals surface area contributed by atoms with E-state index in [2.05, 4.69) is 48.7 Å². The lowest BCUT2D eigenvalue weighted by Crippen LogP contribution is -2.28. The minimum absolute atomic E-state index is 0.0823. The zero-order chi connectivity index (χ0) is 13.4. The van der Waals surface area contributed by atoms with Gasteiger partial charge in [-0.2, -0.15) is 0 Å². The fourth-order valence-corrected chi connectivity index (χ4v) is 1.98. The van der Waals surface area contributed by atoms with Crippen LogP contribution in [0.5, 0.6) is 0 Å². The number of carbonyl (C=O) groups is 1. The monoisotopic (exact) mass is 248 g/mol. The molecule has 0 aliphatic carbocycles. The summed E-state index contributed by atoms with van der Waals surface area (Å²) in [7, 11) is 1.67. The van der Waals surface area contributed by atoms with Crippen LogP contribution in [0.2, 0.25) is 0 Å². The van der Waals surface area contributed by atoms with Gasteiger partial charge in [-0.1, -0.05) is 44.2 Å². The van der Waals surface area contributed by atoms with E-state index in [0.717, 1.165) is 6.42 Å². The largest absolute Gasteiger partial charge is 0.359 e. The van der Waals surface area contributed by atoms with Crippen LogP contribution in [0.25, 0.3) is 0 Å². The van der Waals surface area contributed by atoms with E-state index < -0.39 is 0 Å². The molecular formula is C15H24N2O. The maximum absolute atomic E-state index is 11.2. The summed E-state index contributed by atoms with van der Waals surface area (Å²) in [6.07, 6.45) is 1.61. The van der Waals surface area contributed by atoms with Crippen molar-refractivity contribution < 1.29 is 4.79 Å². The Bertz CT molecular complexity index is 349. The van der Waals surface area contributed by atoms with Gasteiger partial charge >= 0.3 is 0 Å². The lowest BCUT2D eigenvalue weighted by Gasteiger charge is -2.21. The molecule has 1 atom stereocenters. The highest BCUT2D eigenvalue weighted by Crippen LogP contribution is 2.20. The van der Waals surface area contributed by atoms with Crippen LogP contribution >= 0.6 is 0 Å². The van der Waals surface area contributed by atoms with E-state index in [1.807, 2.05) is 6.07 Å². The molecule has 0 saturated carbocycles. The predicted octanol–water partition coefficient (Wildman–Crippen LogP) is 2.50. The van der Waals surface area contributed by atoms with E-state index in [-0.39, 0.29) is 5.91 Å². The molecule has 18 heavy (non-hydrogen) atoms. The van der Waals surface area contributed by atoms with Gasteiger partial charge in [0.25, 0.3) is 0 Å². The summed E-state index contributed by atoms with van der Waals surface area (Å²) < 4.78 is 0. The molecule has 1 aromatic rings. The van der Waals surface area contributed by atoms with Crippen LogP contribution in [-0.2, 0) is 4.79 Å². The number of amides is 1. The molecule has 100 valence electrons. The fourth-order valence-electron chi connectivity index (χ4n) is 1.98. The van der Waals surface area contributed by atoms with Crippen molar-refractivity contribution in [3.8, 4) is 0 Å². The zero-order valence-electron chi connectivity index (χ0n) is 11.6. The molecule has 0 fully saturated rings. The van der Waals surface area contributed by atoms with Crippen molar-refractivity contribution in [1.82, 2.24) is 10.6 Å². The van der Waals surface area contributed by atoms with Gasteiger partial charge in [0, 0.05) is 26.1 Å². The molecule has 0 bridgehead atoms. The first kappa shape index (κ1) is 14.7. The van der Waals surface area contributed by atoms with Gasteiger partial charge in [0.2, 0.25) is 5.91 Å². The van der Waals surface area contributed by atoms with Gasteiger partial charge in [0.1, 0.15) is 0 Å². The van der Waals surface area contributed by atoms with Crippen molar-refractivity contribution in [2.75, 3.05) is 13.6 Å². The standard InChI is InChI=1S/C15H24N2O/c1-12(2)11-14(13-7-5-4-6-8-13)17-10-9-15(18)16-3/h4-8,12,14,17H,9-11H2,1-3H3,(H,16,18). The molecule has 0 radical (unpaired) electrons. The number of carbonyl (C=O) groups excluding carboxylic acids is 1. The number of hydrogen-bond donors (Lipinski definition) is 2. The van der Waals surface area contributed by atoms with Crippen LogP contribution in [0.15, 0.2) is 30.3 Å². The van der Waals surface area contributed by atoms with Gasteiger partial charge in [-0.3, -0.25) is 4.79 Å². The molecule has 1 rings (SSSR count). The molecule has 1 aromatic carbocycles. The Morgan fingerprint density at radius 3 is 2.44 bits per heavy atom. The van der Waals surface area contributed by atoms with Crippen molar-refractivity contribution in [2.24, 2.45) is 5.92 Å². The average Bonchev–Trinajstić information content (AvgIpc) is 2.38. The average molecular weight is 248 g/mol. The zero-order valence-corrected chi connectivity index (χ0v) is 11.6. The van der Waals surface area contributed by atoms with Gasteiger partial charge in [-0.15, -0.1) is 0 Å². The molecule has 1 amide bonds. The van der Waals surface area contributed by atoms with E-state index in [4.69, 9.17) is 0 Å². The normalized spacial score (nSPS) is 12.4. The first-order valence-electron chi connectivity index (χ1n) is 6.62. The Morgan fingerprint density at radius 1 is 1.22 bits per heavy atom. The molecule has 0 heterocycles. The second kappa shape index (κ2) is 7.88. The molecule has 1 unspecified atom stereocenters. The Morgan fingerprint density at radius 2 is 1.89 bits per heavy atom. The summed E-state index contributed by atoms with van der Waals surface area (Å²) in [5, 5.41) is 6.11. The quantitative estimate of drug-likeness (QED) is 0.778. The Kier molecular flexibility index (Phi) is 6.44. The van der Waals surface area contributed by atoms with Crippen LogP contribution in [-0.4, -0.2) is 19.5 Å². The summed E-state index contributed by atoms with van der Waals surface area (Å²) in [5.41, 5.74) is 1.29. The first-order valence-corrected chi connectivity index (χ1v) is 6.62. The minimum Gasteiger partial charge on any atom is -0.359 e. The second-order valence-corrected chi connectivity index (χ2v) is 4.97. The summed E-state index contributed by atoms with van der Waals surface area (Å²) >= 11 is 0. The Labute approximate surface area is 110 Å². The SMILES string of the molecule is CNC(=O)CCNC(CC(C)C)c1ccccc1. The third-order valence-corrected chi connectivity index (χ3v) is 2.93. The van der Waals surface area contributed by atoms with Crippen LogP contribution in [0.4, 0.5) is 0 Å². The highest BCUT2D eigenvalue weighted by molar-refractivity contribution is 5.75. The van der Waals surface area contributed by atoms with Gasteiger partial charge in [-0.25, -0.2) is 0 Å². The van der Waals surface area contributed by atoms with E-state index in [0.29, 0.717) is 24.9 Å². The number of benzene rings is 1. The van der Waals surface area contributed by atoms with E-state index in [9.17, 15) is 4.79 Å². The first-order chi connectivity index (χ1) is 8.63. The van der Waals surface area contributed by atoms with Crippen LogP contribution in [0, 0.1) is 5.92 Å². The van der Waals surface area contributed by atoms with Gasteiger partial charge in [0.05, 0.1) is 0 Å². The van der Waals surface area contributed by atoms with Crippen molar-refractivity contribution in [2.45, 2.75) is 32.7 Å². The van der Waals surface area contributed by atoms with Crippen molar-refractivity contribution >= 4 is 5.91 Å². The smallest absolute Gasteiger partial charge is 0.221 e. The summed E-state index contributed by atoms with van der Waals surface area (Å²) in [6, 6.07) is 10.8. The van der Waals surface area contributed by atoms with Gasteiger partial charge < -0.3 is 10.6 Å². The predicted molar refractivity (Wildman–Crippen MR) is 75.3 cm³/mol. The van der Waals surface area contributed by atoms with Gasteiger partial charge in [0.15, 0.2) is 0 Å². The second-order valence-electron chi connectivity index (χ2n) is 4.97. The topological polar surface area (TPSA) is 41.1 Å². The third-order valence-electron chi connectivity index (χ3n) is 2.93. The van der Waals surface area contributed by atoms with E-state index in [1.165, 1.54) is 5.56 Å². The molecule has 0 spiro atoms. The molecule has 3 nitrogen and oxygen atoms in total.